The summed E-state index contributed by atoms with van der Waals surface area (Å²) in [6.07, 6.45) is 0. The van der Waals surface area contributed by atoms with Crippen LogP contribution in [0.3, 0.4) is 0 Å². The highest BCUT2D eigenvalue weighted by Gasteiger charge is 2.02. The minimum atomic E-state index is -0.386. The molecule has 0 saturated heterocycles. The van der Waals surface area contributed by atoms with Crippen molar-refractivity contribution in [2.45, 2.75) is 6.54 Å². The van der Waals surface area contributed by atoms with Crippen molar-refractivity contribution >= 4 is 23.5 Å². The maximum atomic E-state index is 11.3. The molecule has 0 aliphatic heterocycles. The maximum absolute atomic E-state index is 11.3. The van der Waals surface area contributed by atoms with Gasteiger partial charge in [0.05, 0.1) is 6.54 Å². The van der Waals surface area contributed by atoms with E-state index in [4.69, 9.17) is 11.6 Å². The molecule has 92 valence electrons. The van der Waals surface area contributed by atoms with E-state index in [1.807, 2.05) is 12.1 Å². The molecule has 0 unspecified atom stereocenters. The van der Waals surface area contributed by atoms with Crippen LogP contribution in [0.15, 0.2) is 24.3 Å². The van der Waals surface area contributed by atoms with E-state index in [9.17, 15) is 9.59 Å². The third kappa shape index (κ3) is 5.21. The molecule has 0 aromatic heterocycles. The Labute approximate surface area is 105 Å². The molecule has 3 N–H and O–H groups in total. The normalized spacial score (nSPS) is 9.53. The molecule has 5 nitrogen and oxygen atoms in total. The molecule has 0 fully saturated rings. The number of urea groups is 1. The van der Waals surface area contributed by atoms with Crippen LogP contribution in [0.2, 0.25) is 5.02 Å². The summed E-state index contributed by atoms with van der Waals surface area (Å²) in [6.45, 7) is 0.347. The summed E-state index contributed by atoms with van der Waals surface area (Å²) in [5.41, 5.74) is 0.935. The fraction of sp³-hybridized carbons (Fsp3) is 0.273. The van der Waals surface area contributed by atoms with Gasteiger partial charge in [-0.15, -0.1) is 0 Å². The van der Waals surface area contributed by atoms with Gasteiger partial charge in [0.1, 0.15) is 0 Å². The third-order valence-corrected chi connectivity index (χ3v) is 2.31. The average Bonchev–Trinajstić information content (AvgIpc) is 2.35. The Bertz CT molecular complexity index is 392. The Kier molecular flexibility index (Phi) is 5.29. The highest BCUT2D eigenvalue weighted by molar-refractivity contribution is 6.30. The Morgan fingerprint density at radius 1 is 1.18 bits per heavy atom. The summed E-state index contributed by atoms with van der Waals surface area (Å²) < 4.78 is 0. The smallest absolute Gasteiger partial charge is 0.315 e. The topological polar surface area (TPSA) is 70.2 Å². The Balaban J connectivity index is 2.28. The number of carbonyl (C=O) groups excluding carboxylic acids is 2. The molecule has 1 aromatic rings. The van der Waals surface area contributed by atoms with Gasteiger partial charge >= 0.3 is 6.03 Å². The zero-order valence-electron chi connectivity index (χ0n) is 9.42. The minimum Gasteiger partial charge on any atom is -0.358 e. The Morgan fingerprint density at radius 2 is 1.82 bits per heavy atom. The van der Waals surface area contributed by atoms with Crippen molar-refractivity contribution in [3.05, 3.63) is 34.9 Å². The molecule has 0 spiro atoms. The molecule has 3 amide bonds. The lowest BCUT2D eigenvalue weighted by atomic mass is 10.2. The van der Waals surface area contributed by atoms with E-state index in [2.05, 4.69) is 16.0 Å². The molecular formula is C11H14ClN3O2. The molecule has 1 aromatic carbocycles. The molecule has 6 heteroatoms. The number of nitrogens with one attached hydrogen (secondary N) is 3. The van der Waals surface area contributed by atoms with Gasteiger partial charge in [-0.3, -0.25) is 4.79 Å². The van der Waals surface area contributed by atoms with E-state index in [0.29, 0.717) is 11.6 Å². The number of amides is 3. The number of benzene rings is 1. The van der Waals surface area contributed by atoms with Crippen LogP contribution in [-0.2, 0) is 11.3 Å². The number of halogens is 1. The molecule has 1 rings (SSSR count). The van der Waals surface area contributed by atoms with Gasteiger partial charge in [0.2, 0.25) is 5.91 Å². The van der Waals surface area contributed by atoms with Crippen LogP contribution in [0.5, 0.6) is 0 Å². The van der Waals surface area contributed by atoms with E-state index in [-0.39, 0.29) is 18.5 Å². The number of hydrogen-bond acceptors (Lipinski definition) is 2. The van der Waals surface area contributed by atoms with Crippen molar-refractivity contribution in [2.24, 2.45) is 0 Å². The van der Waals surface area contributed by atoms with Crippen molar-refractivity contribution in [3.63, 3.8) is 0 Å². The quantitative estimate of drug-likeness (QED) is 0.748. The first-order valence-corrected chi connectivity index (χ1v) is 5.46. The fourth-order valence-corrected chi connectivity index (χ4v) is 1.22. The van der Waals surface area contributed by atoms with Crippen LogP contribution in [0.25, 0.3) is 0 Å². The van der Waals surface area contributed by atoms with Crippen LogP contribution in [0.1, 0.15) is 5.56 Å². The lowest BCUT2D eigenvalue weighted by Gasteiger charge is -2.07. The van der Waals surface area contributed by atoms with Gasteiger partial charge in [0.15, 0.2) is 0 Å². The van der Waals surface area contributed by atoms with Crippen molar-refractivity contribution in [3.8, 4) is 0 Å². The molecule has 0 atom stereocenters. The van der Waals surface area contributed by atoms with Gasteiger partial charge in [0.25, 0.3) is 0 Å². The predicted octanol–water partition coefficient (Wildman–Crippen LogP) is 0.885. The van der Waals surface area contributed by atoms with Gasteiger partial charge in [-0.1, -0.05) is 23.7 Å². The zero-order valence-corrected chi connectivity index (χ0v) is 10.2. The molecule has 0 saturated carbocycles. The summed E-state index contributed by atoms with van der Waals surface area (Å²) in [5, 5.41) is 8.11. The number of rotatable bonds is 4. The zero-order chi connectivity index (χ0) is 12.7. The van der Waals surface area contributed by atoms with E-state index in [1.165, 1.54) is 7.05 Å². The average molecular weight is 256 g/mol. The van der Waals surface area contributed by atoms with Gasteiger partial charge in [0, 0.05) is 18.6 Å². The molecule has 0 aliphatic rings. The number of hydrogen-bond donors (Lipinski definition) is 3. The summed E-state index contributed by atoms with van der Waals surface area (Å²) in [7, 11) is 1.51. The highest BCUT2D eigenvalue weighted by atomic mass is 35.5. The Hall–Kier alpha value is -1.75. The lowest BCUT2D eigenvalue weighted by Crippen LogP contribution is -2.40. The molecular weight excluding hydrogens is 242 g/mol. The molecule has 0 radical (unpaired) electrons. The van der Waals surface area contributed by atoms with Crippen LogP contribution >= 0.6 is 11.6 Å². The van der Waals surface area contributed by atoms with E-state index < -0.39 is 0 Å². The van der Waals surface area contributed by atoms with Crippen LogP contribution < -0.4 is 16.0 Å². The second kappa shape index (κ2) is 6.75. The van der Waals surface area contributed by atoms with E-state index in [1.54, 1.807) is 12.1 Å². The first-order chi connectivity index (χ1) is 8.11. The third-order valence-electron chi connectivity index (χ3n) is 2.05. The second-order valence-corrected chi connectivity index (χ2v) is 3.77. The van der Waals surface area contributed by atoms with Gasteiger partial charge < -0.3 is 16.0 Å². The maximum Gasteiger partial charge on any atom is 0.315 e. The first kappa shape index (κ1) is 13.3. The van der Waals surface area contributed by atoms with E-state index in [0.717, 1.165) is 5.56 Å². The van der Waals surface area contributed by atoms with Gasteiger partial charge in [-0.25, -0.2) is 4.79 Å². The molecule has 0 bridgehead atoms. The minimum absolute atomic E-state index is 0.0387. The monoisotopic (exact) mass is 255 g/mol. The SMILES string of the molecule is CNC(=O)CNC(=O)NCc1ccc(Cl)cc1. The molecule has 0 aliphatic carbocycles. The molecule has 17 heavy (non-hydrogen) atoms. The summed E-state index contributed by atoms with van der Waals surface area (Å²) in [5.74, 6) is -0.244. The summed E-state index contributed by atoms with van der Waals surface area (Å²) >= 11 is 5.73. The van der Waals surface area contributed by atoms with Crippen molar-refractivity contribution < 1.29 is 9.59 Å². The number of carbonyl (C=O) groups is 2. The standard InChI is InChI=1S/C11H14ClN3O2/c1-13-10(16)7-15-11(17)14-6-8-2-4-9(12)5-3-8/h2-5H,6-7H2,1H3,(H,13,16)(H2,14,15,17). The number of likely N-dealkylation sites (N-methyl/N-ethyl adjacent to an activating group) is 1. The van der Waals surface area contributed by atoms with Crippen LogP contribution in [0.4, 0.5) is 4.79 Å². The fourth-order valence-electron chi connectivity index (χ4n) is 1.10. The highest BCUT2D eigenvalue weighted by Crippen LogP contribution is 2.08. The Morgan fingerprint density at radius 3 is 2.41 bits per heavy atom. The largest absolute Gasteiger partial charge is 0.358 e. The molecule has 0 heterocycles. The van der Waals surface area contributed by atoms with Crippen molar-refractivity contribution in [1.82, 2.24) is 16.0 Å². The summed E-state index contributed by atoms with van der Waals surface area (Å²) in [4.78, 5) is 22.1. The van der Waals surface area contributed by atoms with Gasteiger partial charge in [-0.05, 0) is 17.7 Å². The second-order valence-electron chi connectivity index (χ2n) is 3.34. The van der Waals surface area contributed by atoms with Crippen molar-refractivity contribution in [2.75, 3.05) is 13.6 Å². The van der Waals surface area contributed by atoms with Gasteiger partial charge in [-0.2, -0.15) is 0 Å². The van der Waals surface area contributed by atoms with Crippen LogP contribution in [-0.4, -0.2) is 25.5 Å². The predicted molar refractivity (Wildman–Crippen MR) is 65.8 cm³/mol. The van der Waals surface area contributed by atoms with E-state index >= 15 is 0 Å². The first-order valence-electron chi connectivity index (χ1n) is 5.08. The van der Waals surface area contributed by atoms with Crippen LogP contribution in [0, 0.1) is 0 Å². The van der Waals surface area contributed by atoms with Crippen molar-refractivity contribution in [1.29, 1.82) is 0 Å². The summed E-state index contributed by atoms with van der Waals surface area (Å²) in [6, 6.07) is 6.76. The lowest BCUT2D eigenvalue weighted by molar-refractivity contribution is -0.119.